The van der Waals surface area contributed by atoms with Crippen LogP contribution in [0.2, 0.25) is 0 Å². The van der Waals surface area contributed by atoms with E-state index in [1.807, 2.05) is 11.7 Å². The summed E-state index contributed by atoms with van der Waals surface area (Å²) in [6.07, 6.45) is 6.03. The lowest BCUT2D eigenvalue weighted by Crippen LogP contribution is -2.34. The highest BCUT2D eigenvalue weighted by Gasteiger charge is 2.13. The fourth-order valence-corrected chi connectivity index (χ4v) is 2.25. The minimum absolute atomic E-state index is 0.00380. The first-order valence-corrected chi connectivity index (χ1v) is 5.74. The van der Waals surface area contributed by atoms with Crippen LogP contribution in [-0.4, -0.2) is 22.4 Å². The van der Waals surface area contributed by atoms with Gasteiger partial charge >= 0.3 is 0 Å². The van der Waals surface area contributed by atoms with Gasteiger partial charge in [0.25, 0.3) is 5.56 Å². The number of aryl methyl sites for hydroxylation is 2. The first-order chi connectivity index (χ1) is 7.25. The van der Waals surface area contributed by atoms with Crippen LogP contribution in [0.3, 0.4) is 0 Å². The lowest BCUT2D eigenvalue weighted by molar-refractivity contribution is 0.380. The highest BCUT2D eigenvalue weighted by molar-refractivity contribution is 5.01. The van der Waals surface area contributed by atoms with E-state index in [0.717, 1.165) is 25.1 Å². The van der Waals surface area contributed by atoms with Gasteiger partial charge in [-0.05, 0) is 32.2 Å². The van der Waals surface area contributed by atoms with Crippen molar-refractivity contribution in [2.75, 3.05) is 6.54 Å². The number of nitrogens with one attached hydrogen (secondary N) is 2. The summed E-state index contributed by atoms with van der Waals surface area (Å²) >= 11 is 0. The Kier molecular flexibility index (Phi) is 3.26. The van der Waals surface area contributed by atoms with E-state index in [9.17, 15) is 4.79 Å². The summed E-state index contributed by atoms with van der Waals surface area (Å²) in [5, 5.41) is 6.25. The van der Waals surface area contributed by atoms with Crippen LogP contribution < -0.4 is 10.9 Å². The number of H-pyrrole nitrogens is 1. The molecule has 1 aliphatic rings. The van der Waals surface area contributed by atoms with E-state index >= 15 is 0 Å². The molecule has 1 saturated heterocycles. The molecular formula is C11H19N3O. The molecule has 0 aromatic carbocycles. The van der Waals surface area contributed by atoms with Crippen molar-refractivity contribution >= 4 is 0 Å². The second-order valence-corrected chi connectivity index (χ2v) is 4.36. The van der Waals surface area contributed by atoms with E-state index in [0.29, 0.717) is 6.04 Å². The van der Waals surface area contributed by atoms with Gasteiger partial charge in [-0.2, -0.15) is 0 Å². The summed E-state index contributed by atoms with van der Waals surface area (Å²) < 4.78 is 1.82. The zero-order chi connectivity index (χ0) is 10.7. The molecule has 4 heteroatoms. The van der Waals surface area contributed by atoms with Gasteiger partial charge in [-0.1, -0.05) is 6.42 Å². The Labute approximate surface area is 89.7 Å². The Morgan fingerprint density at radius 1 is 1.53 bits per heavy atom. The first kappa shape index (κ1) is 10.5. The SMILES string of the molecule is Cn1[nH]c(=O)cc1CCC1CCCCN1. The van der Waals surface area contributed by atoms with E-state index in [1.165, 1.54) is 19.3 Å². The molecule has 1 aromatic heterocycles. The molecule has 0 aliphatic carbocycles. The van der Waals surface area contributed by atoms with E-state index in [2.05, 4.69) is 10.4 Å². The van der Waals surface area contributed by atoms with Gasteiger partial charge in [-0.3, -0.25) is 14.6 Å². The Morgan fingerprint density at radius 3 is 3.00 bits per heavy atom. The van der Waals surface area contributed by atoms with Gasteiger partial charge in [0.1, 0.15) is 0 Å². The molecule has 4 nitrogen and oxygen atoms in total. The van der Waals surface area contributed by atoms with Gasteiger partial charge < -0.3 is 5.32 Å². The predicted octanol–water partition coefficient (Wildman–Crippen LogP) is 0.788. The van der Waals surface area contributed by atoms with Gasteiger partial charge in [0.2, 0.25) is 0 Å². The number of aromatic nitrogens is 2. The molecule has 1 fully saturated rings. The van der Waals surface area contributed by atoms with Crippen molar-refractivity contribution in [3.8, 4) is 0 Å². The molecule has 2 rings (SSSR count). The summed E-state index contributed by atoms with van der Waals surface area (Å²) in [4.78, 5) is 11.1. The van der Waals surface area contributed by atoms with Gasteiger partial charge in [0.15, 0.2) is 0 Å². The van der Waals surface area contributed by atoms with Crippen molar-refractivity contribution in [1.29, 1.82) is 0 Å². The average Bonchev–Trinajstić information content (AvgIpc) is 2.56. The topological polar surface area (TPSA) is 49.8 Å². The molecule has 2 N–H and O–H groups in total. The molecule has 2 heterocycles. The number of rotatable bonds is 3. The van der Waals surface area contributed by atoms with Crippen LogP contribution in [0.4, 0.5) is 0 Å². The highest BCUT2D eigenvalue weighted by atomic mass is 16.1. The molecule has 0 bridgehead atoms. The summed E-state index contributed by atoms with van der Waals surface area (Å²) in [5.41, 5.74) is 1.11. The zero-order valence-corrected chi connectivity index (χ0v) is 9.25. The van der Waals surface area contributed by atoms with Crippen molar-refractivity contribution < 1.29 is 0 Å². The number of nitrogens with zero attached hydrogens (tertiary/aromatic N) is 1. The normalized spacial score (nSPS) is 21.8. The Bertz CT molecular complexity index is 360. The fourth-order valence-electron chi connectivity index (χ4n) is 2.25. The molecule has 0 spiro atoms. The average molecular weight is 209 g/mol. The van der Waals surface area contributed by atoms with Crippen LogP contribution in [0.1, 0.15) is 31.4 Å². The summed E-state index contributed by atoms with van der Waals surface area (Å²) in [5.74, 6) is 0. The third-order valence-corrected chi connectivity index (χ3v) is 3.17. The molecule has 15 heavy (non-hydrogen) atoms. The quantitative estimate of drug-likeness (QED) is 0.773. The van der Waals surface area contributed by atoms with Crippen molar-refractivity contribution in [2.45, 2.75) is 38.1 Å². The van der Waals surface area contributed by atoms with Crippen molar-refractivity contribution in [1.82, 2.24) is 15.1 Å². The third kappa shape index (κ3) is 2.72. The second-order valence-electron chi connectivity index (χ2n) is 4.36. The number of hydrogen-bond acceptors (Lipinski definition) is 2. The molecule has 0 saturated carbocycles. The standard InChI is InChI=1S/C11H19N3O/c1-14-10(8-11(15)13-14)6-5-9-4-2-3-7-12-9/h8-9,12H,2-7H2,1H3,(H,13,15). The maximum Gasteiger partial charge on any atom is 0.264 e. The smallest absolute Gasteiger partial charge is 0.264 e. The minimum Gasteiger partial charge on any atom is -0.314 e. The van der Waals surface area contributed by atoms with E-state index in [4.69, 9.17) is 0 Å². The van der Waals surface area contributed by atoms with Crippen molar-refractivity contribution in [3.63, 3.8) is 0 Å². The van der Waals surface area contributed by atoms with Crippen LogP contribution in [-0.2, 0) is 13.5 Å². The maximum atomic E-state index is 11.1. The van der Waals surface area contributed by atoms with Crippen LogP contribution in [0, 0.1) is 0 Å². The largest absolute Gasteiger partial charge is 0.314 e. The highest BCUT2D eigenvalue weighted by Crippen LogP contribution is 2.12. The van der Waals surface area contributed by atoms with Crippen LogP contribution in [0.5, 0.6) is 0 Å². The summed E-state index contributed by atoms with van der Waals surface area (Å²) in [6.45, 7) is 1.15. The molecule has 1 unspecified atom stereocenters. The predicted molar refractivity (Wildman–Crippen MR) is 60.0 cm³/mol. The third-order valence-electron chi connectivity index (χ3n) is 3.17. The summed E-state index contributed by atoms with van der Waals surface area (Å²) in [6, 6.07) is 2.34. The number of piperidine rings is 1. The Morgan fingerprint density at radius 2 is 2.40 bits per heavy atom. The lowest BCUT2D eigenvalue weighted by Gasteiger charge is -2.23. The number of aromatic amines is 1. The monoisotopic (exact) mass is 209 g/mol. The molecule has 1 aromatic rings. The molecular weight excluding hydrogens is 190 g/mol. The minimum atomic E-state index is 0.00380. The lowest BCUT2D eigenvalue weighted by atomic mass is 10.00. The van der Waals surface area contributed by atoms with Crippen molar-refractivity contribution in [2.24, 2.45) is 7.05 Å². The second kappa shape index (κ2) is 4.66. The van der Waals surface area contributed by atoms with Gasteiger partial charge in [-0.25, -0.2) is 0 Å². The van der Waals surface area contributed by atoms with E-state index in [-0.39, 0.29) is 5.56 Å². The Hall–Kier alpha value is -1.03. The van der Waals surface area contributed by atoms with Crippen LogP contribution in [0.25, 0.3) is 0 Å². The maximum absolute atomic E-state index is 11.1. The summed E-state index contributed by atoms with van der Waals surface area (Å²) in [7, 11) is 1.89. The van der Waals surface area contributed by atoms with Gasteiger partial charge in [0.05, 0.1) is 0 Å². The van der Waals surface area contributed by atoms with Gasteiger partial charge in [0, 0.05) is 24.8 Å². The first-order valence-electron chi connectivity index (χ1n) is 5.74. The van der Waals surface area contributed by atoms with Crippen LogP contribution >= 0.6 is 0 Å². The van der Waals surface area contributed by atoms with E-state index < -0.39 is 0 Å². The number of hydrogen-bond donors (Lipinski definition) is 2. The van der Waals surface area contributed by atoms with E-state index in [1.54, 1.807) is 6.07 Å². The molecule has 1 atom stereocenters. The van der Waals surface area contributed by atoms with Gasteiger partial charge in [-0.15, -0.1) is 0 Å². The molecule has 0 amide bonds. The zero-order valence-electron chi connectivity index (χ0n) is 9.25. The fraction of sp³-hybridized carbons (Fsp3) is 0.727. The molecule has 1 aliphatic heterocycles. The van der Waals surface area contributed by atoms with Crippen LogP contribution in [0.15, 0.2) is 10.9 Å². The molecule has 84 valence electrons. The van der Waals surface area contributed by atoms with Crippen molar-refractivity contribution in [3.05, 3.63) is 22.1 Å². The Balaban J connectivity index is 1.86. The molecule has 0 radical (unpaired) electrons.